The Morgan fingerprint density at radius 2 is 1.96 bits per heavy atom. The Labute approximate surface area is 142 Å². The third kappa shape index (κ3) is 4.05. The quantitative estimate of drug-likeness (QED) is 0.905. The van der Waals surface area contributed by atoms with Crippen molar-refractivity contribution in [1.29, 1.82) is 0 Å². The fourth-order valence-electron chi connectivity index (χ4n) is 3.57. The first-order chi connectivity index (χ1) is 11.7. The summed E-state index contributed by atoms with van der Waals surface area (Å²) in [7, 11) is 1.60. The number of carbonyl (C=O) groups excluding carboxylic acids is 1. The molecular weight excluding hydrogens is 309 g/mol. The highest BCUT2D eigenvalue weighted by atomic mass is 19.1. The molecule has 24 heavy (non-hydrogen) atoms. The average molecular weight is 335 g/mol. The van der Waals surface area contributed by atoms with Crippen LogP contribution in [0.1, 0.15) is 18.4 Å². The van der Waals surface area contributed by atoms with Gasteiger partial charge >= 0.3 is 0 Å². The van der Waals surface area contributed by atoms with Gasteiger partial charge in [0.2, 0.25) is 5.91 Å². The summed E-state index contributed by atoms with van der Waals surface area (Å²) < 4.78 is 18.8. The molecule has 0 aliphatic carbocycles. The van der Waals surface area contributed by atoms with E-state index in [-0.39, 0.29) is 11.7 Å². The molecule has 2 fully saturated rings. The van der Waals surface area contributed by atoms with E-state index in [1.54, 1.807) is 13.2 Å². The Bertz CT molecular complexity index is 567. The third-order valence-electron chi connectivity index (χ3n) is 5.01. The Morgan fingerprint density at radius 3 is 2.62 bits per heavy atom. The van der Waals surface area contributed by atoms with E-state index in [1.807, 2.05) is 4.90 Å². The van der Waals surface area contributed by atoms with Gasteiger partial charge in [-0.25, -0.2) is 4.39 Å². The summed E-state index contributed by atoms with van der Waals surface area (Å²) in [5.74, 6) is 0.954. The van der Waals surface area contributed by atoms with Crippen LogP contribution in [0.4, 0.5) is 4.39 Å². The van der Waals surface area contributed by atoms with Crippen LogP contribution in [0.15, 0.2) is 18.2 Å². The van der Waals surface area contributed by atoms with Gasteiger partial charge in [0.25, 0.3) is 0 Å². The molecular formula is C18H26FN3O2. The van der Waals surface area contributed by atoms with E-state index in [0.29, 0.717) is 18.2 Å². The average Bonchev–Trinajstić information content (AvgIpc) is 2.63. The monoisotopic (exact) mass is 335 g/mol. The Hall–Kier alpha value is -1.66. The first-order valence-corrected chi connectivity index (χ1v) is 8.71. The van der Waals surface area contributed by atoms with E-state index in [0.717, 1.165) is 57.7 Å². The SMILES string of the molecule is COc1ccc(F)cc1CN1CCN(C(=O)C2CCNCC2)CC1. The minimum atomic E-state index is -0.245. The van der Waals surface area contributed by atoms with E-state index in [2.05, 4.69) is 10.2 Å². The first kappa shape index (κ1) is 17.2. The summed E-state index contributed by atoms with van der Waals surface area (Å²) in [6.45, 7) is 5.66. The van der Waals surface area contributed by atoms with Crippen LogP contribution in [0, 0.1) is 11.7 Å². The van der Waals surface area contributed by atoms with Gasteiger partial charge in [0.1, 0.15) is 11.6 Å². The first-order valence-electron chi connectivity index (χ1n) is 8.71. The van der Waals surface area contributed by atoms with Crippen molar-refractivity contribution in [1.82, 2.24) is 15.1 Å². The number of hydrogen-bond donors (Lipinski definition) is 1. The lowest BCUT2D eigenvalue weighted by Gasteiger charge is -2.37. The third-order valence-corrected chi connectivity index (χ3v) is 5.01. The van der Waals surface area contributed by atoms with Crippen molar-refractivity contribution in [3.63, 3.8) is 0 Å². The van der Waals surface area contributed by atoms with E-state index < -0.39 is 0 Å². The molecule has 1 amide bonds. The van der Waals surface area contributed by atoms with Gasteiger partial charge in [-0.2, -0.15) is 0 Å². The van der Waals surface area contributed by atoms with Crippen molar-refractivity contribution in [2.24, 2.45) is 5.92 Å². The number of piperidine rings is 1. The van der Waals surface area contributed by atoms with Crippen molar-refractivity contribution < 1.29 is 13.9 Å². The number of piperazine rings is 1. The number of methoxy groups -OCH3 is 1. The molecule has 0 unspecified atom stereocenters. The Morgan fingerprint density at radius 1 is 1.25 bits per heavy atom. The molecule has 2 heterocycles. The molecule has 6 heteroatoms. The summed E-state index contributed by atoms with van der Waals surface area (Å²) in [5, 5.41) is 3.30. The Kier molecular flexibility index (Phi) is 5.68. The number of benzene rings is 1. The van der Waals surface area contributed by atoms with Crippen LogP contribution in [-0.4, -0.2) is 62.1 Å². The molecule has 0 aromatic heterocycles. The number of ether oxygens (including phenoxy) is 1. The maximum absolute atomic E-state index is 13.5. The zero-order valence-corrected chi connectivity index (χ0v) is 14.3. The van der Waals surface area contributed by atoms with Gasteiger partial charge in [-0.05, 0) is 44.1 Å². The lowest BCUT2D eigenvalue weighted by Crippen LogP contribution is -2.51. The highest BCUT2D eigenvalue weighted by Gasteiger charge is 2.28. The van der Waals surface area contributed by atoms with Crippen molar-refractivity contribution in [3.8, 4) is 5.75 Å². The molecule has 2 aliphatic rings. The number of halogens is 1. The molecule has 0 saturated carbocycles. The van der Waals surface area contributed by atoms with E-state index in [1.165, 1.54) is 12.1 Å². The van der Waals surface area contributed by atoms with Gasteiger partial charge in [0.15, 0.2) is 0 Å². The second-order valence-electron chi connectivity index (χ2n) is 6.58. The number of nitrogens with zero attached hydrogens (tertiary/aromatic N) is 2. The topological polar surface area (TPSA) is 44.8 Å². The van der Waals surface area contributed by atoms with Crippen molar-refractivity contribution in [2.45, 2.75) is 19.4 Å². The highest BCUT2D eigenvalue weighted by molar-refractivity contribution is 5.79. The summed E-state index contributed by atoms with van der Waals surface area (Å²) >= 11 is 0. The molecule has 0 atom stereocenters. The fourth-order valence-corrected chi connectivity index (χ4v) is 3.57. The molecule has 2 saturated heterocycles. The van der Waals surface area contributed by atoms with Gasteiger partial charge < -0.3 is 15.0 Å². The number of amides is 1. The molecule has 2 aliphatic heterocycles. The van der Waals surface area contributed by atoms with Crippen LogP contribution in [0.3, 0.4) is 0 Å². The van der Waals surface area contributed by atoms with Gasteiger partial charge in [-0.3, -0.25) is 9.69 Å². The van der Waals surface area contributed by atoms with Crippen molar-refractivity contribution in [2.75, 3.05) is 46.4 Å². The summed E-state index contributed by atoms with van der Waals surface area (Å²) in [5.41, 5.74) is 0.857. The number of hydrogen-bond acceptors (Lipinski definition) is 4. The van der Waals surface area contributed by atoms with Crippen molar-refractivity contribution >= 4 is 5.91 Å². The molecule has 3 rings (SSSR count). The zero-order valence-electron chi connectivity index (χ0n) is 14.3. The predicted molar refractivity (Wildman–Crippen MR) is 90.4 cm³/mol. The normalized spacial score (nSPS) is 20.2. The second-order valence-corrected chi connectivity index (χ2v) is 6.58. The van der Waals surface area contributed by atoms with E-state index >= 15 is 0 Å². The summed E-state index contributed by atoms with van der Waals surface area (Å²) in [6, 6.07) is 4.62. The van der Waals surface area contributed by atoms with Gasteiger partial charge in [0.05, 0.1) is 7.11 Å². The molecule has 5 nitrogen and oxygen atoms in total. The molecule has 1 aromatic rings. The summed E-state index contributed by atoms with van der Waals surface area (Å²) in [6.07, 6.45) is 1.89. The molecule has 0 radical (unpaired) electrons. The number of carbonyl (C=O) groups is 1. The molecule has 0 spiro atoms. The second kappa shape index (κ2) is 7.94. The van der Waals surface area contributed by atoms with Crippen molar-refractivity contribution in [3.05, 3.63) is 29.6 Å². The van der Waals surface area contributed by atoms with Crippen LogP contribution in [0.25, 0.3) is 0 Å². The van der Waals surface area contributed by atoms with E-state index in [4.69, 9.17) is 4.74 Å². The van der Waals surface area contributed by atoms with Crippen LogP contribution in [-0.2, 0) is 11.3 Å². The maximum Gasteiger partial charge on any atom is 0.225 e. The maximum atomic E-state index is 13.5. The molecule has 1 N–H and O–H groups in total. The van der Waals surface area contributed by atoms with Gasteiger partial charge in [0, 0.05) is 44.2 Å². The fraction of sp³-hybridized carbons (Fsp3) is 0.611. The van der Waals surface area contributed by atoms with Crippen LogP contribution < -0.4 is 10.1 Å². The van der Waals surface area contributed by atoms with Gasteiger partial charge in [-0.1, -0.05) is 0 Å². The molecule has 132 valence electrons. The Balaban J connectivity index is 1.53. The lowest BCUT2D eigenvalue weighted by molar-refractivity contribution is -0.138. The van der Waals surface area contributed by atoms with Crippen LogP contribution in [0.2, 0.25) is 0 Å². The molecule has 1 aromatic carbocycles. The minimum Gasteiger partial charge on any atom is -0.496 e. The van der Waals surface area contributed by atoms with E-state index in [9.17, 15) is 9.18 Å². The van der Waals surface area contributed by atoms with Crippen LogP contribution in [0.5, 0.6) is 5.75 Å². The smallest absolute Gasteiger partial charge is 0.225 e. The zero-order chi connectivity index (χ0) is 16.9. The molecule has 0 bridgehead atoms. The van der Waals surface area contributed by atoms with Crippen LogP contribution >= 0.6 is 0 Å². The number of nitrogens with one attached hydrogen (secondary N) is 1. The minimum absolute atomic E-state index is 0.182. The lowest BCUT2D eigenvalue weighted by atomic mass is 9.96. The predicted octanol–water partition coefficient (Wildman–Crippen LogP) is 1.48. The number of rotatable bonds is 4. The highest BCUT2D eigenvalue weighted by Crippen LogP contribution is 2.22. The van der Waals surface area contributed by atoms with Gasteiger partial charge in [-0.15, -0.1) is 0 Å². The largest absolute Gasteiger partial charge is 0.496 e. The standard InChI is InChI=1S/C18H26FN3O2/c1-24-17-3-2-16(19)12-15(17)13-21-8-10-22(11-9-21)18(23)14-4-6-20-7-5-14/h2-3,12,14,20H,4-11,13H2,1H3. The summed E-state index contributed by atoms with van der Waals surface area (Å²) in [4.78, 5) is 16.8.